The van der Waals surface area contributed by atoms with Gasteiger partial charge in [-0.2, -0.15) is 0 Å². The van der Waals surface area contributed by atoms with E-state index in [0.717, 1.165) is 11.8 Å². The van der Waals surface area contributed by atoms with Crippen LogP contribution >= 0.6 is 0 Å². The second-order valence-electron chi connectivity index (χ2n) is 3.81. The molecule has 0 bridgehead atoms. The lowest BCUT2D eigenvalue weighted by atomic mass is 9.83. The summed E-state index contributed by atoms with van der Waals surface area (Å²) in [5.74, 6) is 1.67. The fourth-order valence-electron chi connectivity index (χ4n) is 1.77. The maximum absolute atomic E-state index is 2.37. The van der Waals surface area contributed by atoms with Crippen molar-refractivity contribution in [1.82, 2.24) is 0 Å². The average Bonchev–Trinajstić information content (AvgIpc) is 2.11. The first-order chi connectivity index (χ1) is 5.67. The van der Waals surface area contributed by atoms with Gasteiger partial charge >= 0.3 is 0 Å². The van der Waals surface area contributed by atoms with E-state index in [1.807, 2.05) is 0 Å². The smallest absolute Gasteiger partial charge is 0.0181 e. The molecule has 0 rings (SSSR count). The third kappa shape index (κ3) is 3.42. The molecular formula is C12H24. The van der Waals surface area contributed by atoms with E-state index in [2.05, 4.69) is 40.7 Å². The van der Waals surface area contributed by atoms with E-state index in [4.69, 9.17) is 0 Å². The predicted molar refractivity (Wildman–Crippen MR) is 57.3 cm³/mol. The normalized spacial score (nSPS) is 17.6. The third-order valence-electron chi connectivity index (χ3n) is 2.97. The molecular weight excluding hydrogens is 144 g/mol. The molecule has 72 valence electrons. The van der Waals surface area contributed by atoms with E-state index >= 15 is 0 Å². The van der Waals surface area contributed by atoms with E-state index < -0.39 is 0 Å². The summed E-state index contributed by atoms with van der Waals surface area (Å²) in [7, 11) is 0. The van der Waals surface area contributed by atoms with E-state index in [1.54, 1.807) is 5.57 Å². The quantitative estimate of drug-likeness (QED) is 0.533. The molecule has 0 nitrogen and oxygen atoms in total. The van der Waals surface area contributed by atoms with Crippen molar-refractivity contribution in [2.24, 2.45) is 11.8 Å². The Morgan fingerprint density at radius 2 is 1.92 bits per heavy atom. The Bertz CT molecular complexity index is 133. The first-order valence-corrected chi connectivity index (χ1v) is 5.30. The highest BCUT2D eigenvalue weighted by Crippen LogP contribution is 2.27. The number of allylic oxidation sites excluding steroid dienone is 2. The van der Waals surface area contributed by atoms with Gasteiger partial charge in [-0.3, -0.25) is 0 Å². The second kappa shape index (κ2) is 6.28. The van der Waals surface area contributed by atoms with Crippen molar-refractivity contribution in [3.05, 3.63) is 11.6 Å². The summed E-state index contributed by atoms with van der Waals surface area (Å²) >= 11 is 0. The minimum Gasteiger partial charge on any atom is -0.0884 e. The van der Waals surface area contributed by atoms with Crippen molar-refractivity contribution in [1.29, 1.82) is 0 Å². The predicted octanol–water partition coefficient (Wildman–Crippen LogP) is 4.42. The van der Waals surface area contributed by atoms with E-state index in [0.29, 0.717) is 0 Å². The zero-order chi connectivity index (χ0) is 9.56. The van der Waals surface area contributed by atoms with Gasteiger partial charge in [0.15, 0.2) is 0 Å². The third-order valence-corrected chi connectivity index (χ3v) is 2.97. The molecule has 0 aromatic carbocycles. The largest absolute Gasteiger partial charge is 0.0884 e. The molecule has 0 N–H and O–H groups in total. The molecule has 2 atom stereocenters. The lowest BCUT2D eigenvalue weighted by Gasteiger charge is -2.23. The number of rotatable bonds is 5. The molecule has 2 unspecified atom stereocenters. The van der Waals surface area contributed by atoms with Crippen molar-refractivity contribution < 1.29 is 0 Å². The molecule has 0 aromatic heterocycles. The van der Waals surface area contributed by atoms with Gasteiger partial charge in [0.25, 0.3) is 0 Å². The first kappa shape index (κ1) is 11.7. The van der Waals surface area contributed by atoms with Gasteiger partial charge in [0, 0.05) is 0 Å². The van der Waals surface area contributed by atoms with Crippen molar-refractivity contribution in [3.8, 4) is 0 Å². The minimum atomic E-state index is 0.824. The van der Waals surface area contributed by atoms with Gasteiger partial charge in [-0.25, -0.2) is 0 Å². The Morgan fingerprint density at radius 3 is 2.25 bits per heavy atom. The maximum atomic E-state index is 2.37. The van der Waals surface area contributed by atoms with Crippen LogP contribution in [0.5, 0.6) is 0 Å². The molecule has 0 saturated heterocycles. The van der Waals surface area contributed by atoms with Gasteiger partial charge in [-0.1, -0.05) is 45.3 Å². The van der Waals surface area contributed by atoms with Gasteiger partial charge in [0.2, 0.25) is 0 Å². The molecule has 0 amide bonds. The van der Waals surface area contributed by atoms with Crippen molar-refractivity contribution in [3.63, 3.8) is 0 Å². The van der Waals surface area contributed by atoms with Crippen LogP contribution in [0.4, 0.5) is 0 Å². The highest BCUT2D eigenvalue weighted by Gasteiger charge is 2.15. The fraction of sp³-hybridized carbons (Fsp3) is 0.833. The lowest BCUT2D eigenvalue weighted by molar-refractivity contribution is 0.372. The number of hydrogen-bond donors (Lipinski definition) is 0. The summed E-state index contributed by atoms with van der Waals surface area (Å²) < 4.78 is 0. The Labute approximate surface area is 78.1 Å². The molecule has 0 aromatic rings. The summed E-state index contributed by atoms with van der Waals surface area (Å²) in [6, 6.07) is 0. The molecule has 0 radical (unpaired) electrons. The zero-order valence-electron chi connectivity index (χ0n) is 9.35. The van der Waals surface area contributed by atoms with Crippen LogP contribution in [0.3, 0.4) is 0 Å². The van der Waals surface area contributed by atoms with Crippen LogP contribution in [0.15, 0.2) is 11.6 Å². The summed E-state index contributed by atoms with van der Waals surface area (Å²) in [5, 5.41) is 0. The fourth-order valence-corrected chi connectivity index (χ4v) is 1.77. The SMILES string of the molecule is CC=C(C)C(CCC)C(C)CC. The van der Waals surface area contributed by atoms with E-state index in [1.165, 1.54) is 19.3 Å². The van der Waals surface area contributed by atoms with E-state index in [-0.39, 0.29) is 0 Å². The number of hydrogen-bond acceptors (Lipinski definition) is 0. The Kier molecular flexibility index (Phi) is 6.14. The molecule has 0 aliphatic carbocycles. The lowest BCUT2D eigenvalue weighted by Crippen LogP contribution is -2.12. The molecule has 0 aliphatic rings. The van der Waals surface area contributed by atoms with Gasteiger partial charge < -0.3 is 0 Å². The van der Waals surface area contributed by atoms with Crippen LogP contribution in [0, 0.1) is 11.8 Å². The molecule has 12 heavy (non-hydrogen) atoms. The van der Waals surface area contributed by atoms with Gasteiger partial charge in [0.05, 0.1) is 0 Å². The van der Waals surface area contributed by atoms with Crippen molar-refractivity contribution >= 4 is 0 Å². The van der Waals surface area contributed by atoms with Gasteiger partial charge in [-0.05, 0) is 32.1 Å². The first-order valence-electron chi connectivity index (χ1n) is 5.30. The summed E-state index contributed by atoms with van der Waals surface area (Å²) in [6.07, 6.45) is 6.23. The molecule has 0 aliphatic heterocycles. The van der Waals surface area contributed by atoms with Crippen LogP contribution in [0.2, 0.25) is 0 Å². The zero-order valence-corrected chi connectivity index (χ0v) is 9.35. The summed E-state index contributed by atoms with van der Waals surface area (Å²) in [5.41, 5.74) is 1.58. The van der Waals surface area contributed by atoms with Gasteiger partial charge in [-0.15, -0.1) is 0 Å². The van der Waals surface area contributed by atoms with Crippen LogP contribution in [-0.2, 0) is 0 Å². The Morgan fingerprint density at radius 1 is 1.33 bits per heavy atom. The van der Waals surface area contributed by atoms with Crippen molar-refractivity contribution in [2.75, 3.05) is 0 Å². The monoisotopic (exact) mass is 168 g/mol. The van der Waals surface area contributed by atoms with E-state index in [9.17, 15) is 0 Å². The van der Waals surface area contributed by atoms with Crippen molar-refractivity contribution in [2.45, 2.75) is 53.9 Å². The van der Waals surface area contributed by atoms with Gasteiger partial charge in [0.1, 0.15) is 0 Å². The topological polar surface area (TPSA) is 0 Å². The molecule has 0 heteroatoms. The Hall–Kier alpha value is -0.260. The van der Waals surface area contributed by atoms with Crippen LogP contribution in [-0.4, -0.2) is 0 Å². The standard InChI is InChI=1S/C12H24/c1-6-9-12(10(4)7-2)11(5)8-3/h7,11-12H,6,8-9H2,1-5H3. The average molecular weight is 168 g/mol. The summed E-state index contributed by atoms with van der Waals surface area (Å²) in [4.78, 5) is 0. The van der Waals surface area contributed by atoms with Crippen LogP contribution in [0.1, 0.15) is 53.9 Å². The Balaban J connectivity index is 4.21. The summed E-state index contributed by atoms with van der Waals surface area (Å²) in [6.45, 7) is 11.4. The second-order valence-corrected chi connectivity index (χ2v) is 3.81. The van der Waals surface area contributed by atoms with Crippen LogP contribution in [0.25, 0.3) is 0 Å². The maximum Gasteiger partial charge on any atom is -0.0181 e. The minimum absolute atomic E-state index is 0.824. The molecule has 0 saturated carbocycles. The highest BCUT2D eigenvalue weighted by molar-refractivity contribution is 5.02. The molecule has 0 spiro atoms. The molecule has 0 heterocycles. The molecule has 0 fully saturated rings. The van der Waals surface area contributed by atoms with Crippen LogP contribution < -0.4 is 0 Å². The highest BCUT2D eigenvalue weighted by atomic mass is 14.2.